The van der Waals surface area contributed by atoms with Gasteiger partial charge in [-0.3, -0.25) is 14.5 Å². The summed E-state index contributed by atoms with van der Waals surface area (Å²) in [6, 6.07) is 12.1. The molecule has 5 heterocycles. The number of carbonyl (C=O) groups excluding carboxylic acids is 2. The fourth-order valence-electron chi connectivity index (χ4n) is 5.54. The van der Waals surface area contributed by atoms with Crippen molar-refractivity contribution in [3.63, 3.8) is 0 Å². The number of fused-ring (bicyclic) bond motifs is 10. The first-order valence-electron chi connectivity index (χ1n) is 11.7. The molecule has 5 aromatic rings. The molecular formula is C27H17N3O4S2. The Bertz CT molecular complexity index is 1780. The summed E-state index contributed by atoms with van der Waals surface area (Å²) in [4.78, 5) is 37.2. The van der Waals surface area contributed by atoms with Gasteiger partial charge < -0.3 is 9.47 Å². The van der Waals surface area contributed by atoms with Crippen LogP contribution in [0.3, 0.4) is 0 Å². The van der Waals surface area contributed by atoms with Gasteiger partial charge in [0.2, 0.25) is 11.8 Å². The highest BCUT2D eigenvalue weighted by Crippen LogP contribution is 2.51. The normalized spacial score (nSPS) is 17.4. The molecule has 9 heteroatoms. The molecule has 3 aliphatic heterocycles. The van der Waals surface area contributed by atoms with Gasteiger partial charge in [0.05, 0.1) is 24.2 Å². The maximum absolute atomic E-state index is 13.4. The van der Waals surface area contributed by atoms with Gasteiger partial charge in [-0.1, -0.05) is 12.1 Å². The zero-order valence-electron chi connectivity index (χ0n) is 19.1. The van der Waals surface area contributed by atoms with E-state index < -0.39 is 0 Å². The average Bonchev–Trinajstić information content (AvgIpc) is 3.71. The second-order valence-corrected chi connectivity index (χ2v) is 11.1. The van der Waals surface area contributed by atoms with Crippen LogP contribution in [-0.2, 0) is 9.47 Å². The van der Waals surface area contributed by atoms with E-state index in [9.17, 15) is 9.59 Å². The summed E-state index contributed by atoms with van der Waals surface area (Å²) in [5.74, 6) is 0.727. The Balaban J connectivity index is 1.66. The molecule has 0 bridgehead atoms. The summed E-state index contributed by atoms with van der Waals surface area (Å²) >= 11 is 3.09. The number of rotatable bonds is 2. The van der Waals surface area contributed by atoms with Gasteiger partial charge in [-0.15, -0.1) is 22.7 Å². The molecule has 0 saturated carbocycles. The molecule has 0 fully saturated rings. The predicted molar refractivity (Wildman–Crippen MR) is 143 cm³/mol. The summed E-state index contributed by atoms with van der Waals surface area (Å²) in [7, 11) is 1.56. The first-order chi connectivity index (χ1) is 17.6. The van der Waals surface area contributed by atoms with E-state index in [-0.39, 0.29) is 11.8 Å². The quantitative estimate of drug-likeness (QED) is 0.305. The number of nitrogens with zero attached hydrogens (tertiary/aromatic N) is 3. The number of thiophene rings is 2. The number of amides is 2. The monoisotopic (exact) mass is 511 g/mol. The van der Waals surface area contributed by atoms with E-state index in [1.54, 1.807) is 29.7 Å². The van der Waals surface area contributed by atoms with Crippen molar-refractivity contribution in [2.75, 3.05) is 33.4 Å². The standard InChI is InChI=1S/C27H17N3O4S2/c1-30-26(31)20-21(27(30)32)23-19(17-13(25-29-9-11-34-25)5-3-7-15(17)36-23)18-16-12(24-28-8-10-33-24)4-2-6-14(16)35-22(18)20/h2-7H,8-11H2,1H3. The number of benzene rings is 3. The van der Waals surface area contributed by atoms with E-state index in [1.807, 2.05) is 24.3 Å². The summed E-state index contributed by atoms with van der Waals surface area (Å²) in [6.07, 6.45) is 0. The third-order valence-electron chi connectivity index (χ3n) is 7.05. The highest BCUT2D eigenvalue weighted by Gasteiger charge is 2.39. The molecule has 3 aliphatic rings. The lowest BCUT2D eigenvalue weighted by Gasteiger charge is -2.08. The largest absolute Gasteiger partial charge is 0.475 e. The van der Waals surface area contributed by atoms with Crippen LogP contribution in [0.15, 0.2) is 46.4 Å². The summed E-state index contributed by atoms with van der Waals surface area (Å²) < 4.78 is 15.5. The number of hydrogen-bond donors (Lipinski definition) is 0. The van der Waals surface area contributed by atoms with Crippen molar-refractivity contribution in [3.05, 3.63) is 58.7 Å². The van der Waals surface area contributed by atoms with E-state index in [0.29, 0.717) is 49.2 Å². The smallest absolute Gasteiger partial charge is 0.262 e. The minimum absolute atomic E-state index is 0.259. The molecule has 0 atom stereocenters. The molecule has 36 heavy (non-hydrogen) atoms. The molecule has 2 amide bonds. The molecule has 0 saturated heterocycles. The van der Waals surface area contributed by atoms with Crippen LogP contribution >= 0.6 is 22.7 Å². The lowest BCUT2D eigenvalue weighted by molar-refractivity contribution is 0.0694. The zero-order valence-corrected chi connectivity index (χ0v) is 20.7. The highest BCUT2D eigenvalue weighted by molar-refractivity contribution is 7.28. The van der Waals surface area contributed by atoms with Crippen LogP contribution in [0.4, 0.5) is 0 Å². The van der Waals surface area contributed by atoms with Crippen molar-refractivity contribution in [3.8, 4) is 0 Å². The van der Waals surface area contributed by atoms with Crippen LogP contribution in [0.25, 0.3) is 40.3 Å². The second kappa shape index (κ2) is 7.11. The molecule has 0 spiro atoms. The fraction of sp³-hybridized carbons (Fsp3) is 0.185. The van der Waals surface area contributed by atoms with Crippen molar-refractivity contribution in [2.45, 2.75) is 0 Å². The number of aliphatic imine (C=N–C) groups is 2. The van der Waals surface area contributed by atoms with Crippen molar-refractivity contribution in [1.82, 2.24) is 4.90 Å². The van der Waals surface area contributed by atoms with E-state index in [0.717, 1.165) is 51.5 Å². The third-order valence-corrected chi connectivity index (χ3v) is 9.40. The maximum Gasteiger partial charge on any atom is 0.262 e. The molecule has 176 valence electrons. The van der Waals surface area contributed by atoms with Crippen molar-refractivity contribution in [1.29, 1.82) is 0 Å². The van der Waals surface area contributed by atoms with Crippen LogP contribution < -0.4 is 0 Å². The van der Waals surface area contributed by atoms with Gasteiger partial charge in [0.1, 0.15) is 13.2 Å². The lowest BCUT2D eigenvalue weighted by atomic mass is 9.95. The molecule has 8 rings (SSSR count). The SMILES string of the molecule is CN1C(=O)c2c(c3sc4cccc(C5=NCCO5)c4c3c3c2sc2cccc(C4=NCCO4)c23)C1=O. The van der Waals surface area contributed by atoms with Crippen molar-refractivity contribution < 1.29 is 19.1 Å². The Morgan fingerprint density at radius 1 is 0.722 bits per heavy atom. The molecule has 0 aliphatic carbocycles. The molecule has 0 unspecified atom stereocenters. The third kappa shape index (κ3) is 2.46. The molecule has 0 radical (unpaired) electrons. The van der Waals surface area contributed by atoms with E-state index >= 15 is 0 Å². The predicted octanol–water partition coefficient (Wildman–Crippen LogP) is 5.20. The minimum atomic E-state index is -0.259. The first-order valence-corrected chi connectivity index (χ1v) is 13.3. The van der Waals surface area contributed by atoms with E-state index in [4.69, 9.17) is 9.47 Å². The molecule has 7 nitrogen and oxygen atoms in total. The van der Waals surface area contributed by atoms with Crippen molar-refractivity contribution in [2.24, 2.45) is 9.98 Å². The highest BCUT2D eigenvalue weighted by atomic mass is 32.1. The average molecular weight is 512 g/mol. The molecular weight excluding hydrogens is 494 g/mol. The van der Waals surface area contributed by atoms with Gasteiger partial charge in [0, 0.05) is 58.5 Å². The zero-order chi connectivity index (χ0) is 24.1. The van der Waals surface area contributed by atoms with Gasteiger partial charge in [-0.25, -0.2) is 9.98 Å². The number of ether oxygens (including phenoxy) is 2. The van der Waals surface area contributed by atoms with E-state index in [1.165, 1.54) is 4.90 Å². The van der Waals surface area contributed by atoms with Gasteiger partial charge in [-0.2, -0.15) is 0 Å². The molecule has 2 aromatic heterocycles. The second-order valence-electron chi connectivity index (χ2n) is 8.96. The Morgan fingerprint density at radius 2 is 1.19 bits per heavy atom. The number of carbonyl (C=O) groups is 2. The van der Waals surface area contributed by atoms with Gasteiger partial charge in [0.25, 0.3) is 11.8 Å². The van der Waals surface area contributed by atoms with Crippen LogP contribution in [0.2, 0.25) is 0 Å². The Hall–Kier alpha value is -3.82. The molecule has 3 aromatic carbocycles. The Morgan fingerprint density at radius 3 is 1.61 bits per heavy atom. The van der Waals surface area contributed by atoms with E-state index in [2.05, 4.69) is 22.1 Å². The minimum Gasteiger partial charge on any atom is -0.475 e. The van der Waals surface area contributed by atoms with Gasteiger partial charge in [0.15, 0.2) is 0 Å². The van der Waals surface area contributed by atoms with Gasteiger partial charge >= 0.3 is 0 Å². The van der Waals surface area contributed by atoms with Gasteiger partial charge in [-0.05, 0) is 24.3 Å². The molecule has 0 N–H and O–H groups in total. The maximum atomic E-state index is 13.4. The van der Waals surface area contributed by atoms with Crippen LogP contribution in [0, 0.1) is 0 Å². The van der Waals surface area contributed by atoms with Crippen molar-refractivity contribution >= 4 is 86.6 Å². The summed E-state index contributed by atoms with van der Waals surface area (Å²) in [5.41, 5.74) is 2.81. The van der Waals surface area contributed by atoms with Crippen LogP contribution in [0.1, 0.15) is 31.8 Å². The summed E-state index contributed by atoms with van der Waals surface area (Å²) in [5, 5.41) is 3.94. The Labute approximate surface area is 212 Å². The topological polar surface area (TPSA) is 80.6 Å². The van der Waals surface area contributed by atoms with Crippen LogP contribution in [0.5, 0.6) is 0 Å². The first kappa shape index (κ1) is 20.4. The Kier molecular flexibility index (Phi) is 4.03. The fourth-order valence-corrected chi connectivity index (χ4v) is 8.10. The number of imide groups is 1. The number of hydrogen-bond acceptors (Lipinski definition) is 8. The summed E-state index contributed by atoms with van der Waals surface area (Å²) in [6.45, 7) is 2.36. The van der Waals surface area contributed by atoms with Crippen LogP contribution in [-0.4, -0.2) is 61.9 Å². The lowest BCUT2D eigenvalue weighted by Crippen LogP contribution is -2.24.